The lowest BCUT2D eigenvalue weighted by Gasteiger charge is -2.22. The van der Waals surface area contributed by atoms with Gasteiger partial charge in [-0.3, -0.25) is 19.0 Å². The highest BCUT2D eigenvalue weighted by molar-refractivity contribution is 6.31. The zero-order chi connectivity index (χ0) is 29.7. The number of pyridine rings is 1. The summed E-state index contributed by atoms with van der Waals surface area (Å²) in [4.78, 5) is 50.7. The SMILES string of the molecule is COc1cn(C(Cc2cccc(C#N)c2)C(=O)Nc2ccc(C(=O)O)cc2)c(=O)cc1-c1cc(Cl)ccc1C(C)=O. The van der Waals surface area contributed by atoms with Crippen molar-refractivity contribution in [3.63, 3.8) is 0 Å². The van der Waals surface area contributed by atoms with Crippen LogP contribution in [-0.2, 0) is 11.2 Å². The first-order valence-corrected chi connectivity index (χ1v) is 12.7. The van der Waals surface area contributed by atoms with Crippen LogP contribution in [0.3, 0.4) is 0 Å². The lowest BCUT2D eigenvalue weighted by Crippen LogP contribution is -2.34. The molecule has 0 spiro atoms. The highest BCUT2D eigenvalue weighted by Crippen LogP contribution is 2.34. The summed E-state index contributed by atoms with van der Waals surface area (Å²) >= 11 is 6.21. The Balaban J connectivity index is 1.82. The third kappa shape index (κ3) is 6.52. The molecule has 10 heteroatoms. The van der Waals surface area contributed by atoms with Crippen LogP contribution in [0.15, 0.2) is 83.8 Å². The Morgan fingerprint density at radius 3 is 2.41 bits per heavy atom. The molecule has 9 nitrogen and oxygen atoms in total. The molecule has 0 radical (unpaired) electrons. The van der Waals surface area contributed by atoms with Gasteiger partial charge in [-0.25, -0.2) is 4.79 Å². The van der Waals surface area contributed by atoms with E-state index in [4.69, 9.17) is 21.4 Å². The van der Waals surface area contributed by atoms with E-state index in [1.807, 2.05) is 0 Å². The Kier molecular flexibility index (Phi) is 8.66. The molecule has 41 heavy (non-hydrogen) atoms. The fourth-order valence-corrected chi connectivity index (χ4v) is 4.59. The number of nitrogens with zero attached hydrogens (tertiary/aromatic N) is 2. The van der Waals surface area contributed by atoms with Crippen molar-refractivity contribution in [2.24, 2.45) is 0 Å². The molecule has 0 bridgehead atoms. The highest BCUT2D eigenvalue weighted by atomic mass is 35.5. The Morgan fingerprint density at radius 1 is 1.05 bits per heavy atom. The molecule has 0 saturated heterocycles. The molecule has 3 aromatic carbocycles. The van der Waals surface area contributed by atoms with Gasteiger partial charge in [0.1, 0.15) is 11.8 Å². The normalized spacial score (nSPS) is 11.3. The number of anilines is 1. The summed E-state index contributed by atoms with van der Waals surface area (Å²) in [5.74, 6) is -1.67. The zero-order valence-electron chi connectivity index (χ0n) is 22.1. The maximum atomic E-state index is 13.6. The number of rotatable bonds is 9. The van der Waals surface area contributed by atoms with E-state index in [0.29, 0.717) is 38.5 Å². The van der Waals surface area contributed by atoms with Crippen LogP contribution in [0.5, 0.6) is 5.75 Å². The molecular formula is C31H24ClN3O6. The van der Waals surface area contributed by atoms with Gasteiger partial charge in [0.25, 0.3) is 5.56 Å². The number of nitriles is 1. The van der Waals surface area contributed by atoms with Crippen LogP contribution in [0, 0.1) is 11.3 Å². The number of carboxylic acids is 1. The van der Waals surface area contributed by atoms with Crippen molar-refractivity contribution in [1.29, 1.82) is 5.26 Å². The average Bonchev–Trinajstić information content (AvgIpc) is 2.96. The summed E-state index contributed by atoms with van der Waals surface area (Å²) in [5.41, 5.74) is 1.94. The van der Waals surface area contributed by atoms with Crippen LogP contribution in [0.2, 0.25) is 5.02 Å². The van der Waals surface area contributed by atoms with E-state index < -0.39 is 23.5 Å². The van der Waals surface area contributed by atoms with E-state index in [9.17, 15) is 24.4 Å². The van der Waals surface area contributed by atoms with Crippen molar-refractivity contribution < 1.29 is 24.2 Å². The van der Waals surface area contributed by atoms with E-state index >= 15 is 0 Å². The van der Waals surface area contributed by atoms with Gasteiger partial charge < -0.3 is 15.2 Å². The Morgan fingerprint density at radius 2 is 1.78 bits per heavy atom. The van der Waals surface area contributed by atoms with Crippen molar-refractivity contribution in [1.82, 2.24) is 4.57 Å². The summed E-state index contributed by atoms with van der Waals surface area (Å²) in [5, 5.41) is 21.6. The van der Waals surface area contributed by atoms with Gasteiger partial charge in [-0.05, 0) is 72.6 Å². The number of methoxy groups -OCH3 is 1. The number of hydrogen-bond donors (Lipinski definition) is 2. The Labute approximate surface area is 240 Å². The zero-order valence-corrected chi connectivity index (χ0v) is 22.8. The number of nitrogens with one attached hydrogen (secondary N) is 1. The van der Waals surface area contributed by atoms with E-state index in [1.54, 1.807) is 42.5 Å². The number of carboxylic acid groups (broad SMARTS) is 1. The molecule has 0 saturated carbocycles. The number of carbonyl (C=O) groups excluding carboxylic acids is 2. The minimum absolute atomic E-state index is 0.0484. The number of carbonyl (C=O) groups is 3. The lowest BCUT2D eigenvalue weighted by atomic mass is 9.97. The number of ketones is 1. The van der Waals surface area contributed by atoms with Crippen LogP contribution >= 0.6 is 11.6 Å². The molecule has 1 unspecified atom stereocenters. The summed E-state index contributed by atoms with van der Waals surface area (Å²) in [6.45, 7) is 1.40. The first-order valence-electron chi connectivity index (χ1n) is 12.4. The molecule has 0 aliphatic rings. The largest absolute Gasteiger partial charge is 0.495 e. The van der Waals surface area contributed by atoms with Crippen LogP contribution in [-0.4, -0.2) is 34.4 Å². The van der Waals surface area contributed by atoms with Gasteiger partial charge in [0.05, 0.1) is 30.5 Å². The van der Waals surface area contributed by atoms with Gasteiger partial charge in [-0.15, -0.1) is 0 Å². The first kappa shape index (κ1) is 28.8. The van der Waals surface area contributed by atoms with Crippen LogP contribution in [0.1, 0.15) is 44.8 Å². The number of benzene rings is 3. The fourth-order valence-electron chi connectivity index (χ4n) is 4.42. The topological polar surface area (TPSA) is 138 Å². The van der Waals surface area contributed by atoms with Crippen molar-refractivity contribution in [2.75, 3.05) is 12.4 Å². The van der Waals surface area contributed by atoms with Gasteiger partial charge in [0, 0.05) is 34.3 Å². The molecule has 206 valence electrons. The standard InChI is InChI=1S/C31H24ClN3O6/c1-18(36)24-11-8-22(32)14-25(24)26-15-29(37)35(17-28(26)41-2)27(13-19-4-3-5-20(12-19)16-33)30(38)34-23-9-6-21(7-10-23)31(39)40/h3-12,14-15,17,27H,13H2,1-2H3,(H,34,38)(H,39,40). The fraction of sp³-hybridized carbons (Fsp3) is 0.129. The molecule has 2 N–H and O–H groups in total. The quantitative estimate of drug-likeness (QED) is 0.258. The molecule has 4 rings (SSSR count). The predicted octanol–water partition coefficient (Wildman–Crippen LogP) is 5.37. The maximum Gasteiger partial charge on any atom is 0.335 e. The van der Waals surface area contributed by atoms with Gasteiger partial charge in [-0.1, -0.05) is 23.7 Å². The third-order valence-electron chi connectivity index (χ3n) is 6.44. The molecule has 0 fully saturated rings. The summed E-state index contributed by atoms with van der Waals surface area (Å²) in [7, 11) is 1.40. The highest BCUT2D eigenvalue weighted by Gasteiger charge is 2.25. The van der Waals surface area contributed by atoms with Crippen molar-refractivity contribution >= 4 is 34.9 Å². The van der Waals surface area contributed by atoms with E-state index in [-0.39, 0.29) is 23.5 Å². The van der Waals surface area contributed by atoms with Crippen molar-refractivity contribution in [3.8, 4) is 22.9 Å². The summed E-state index contributed by atoms with van der Waals surface area (Å²) in [6.07, 6.45) is 1.45. The number of Topliss-reactive ketones (excluding diaryl/α,β-unsaturated/α-hetero) is 1. The predicted molar refractivity (Wildman–Crippen MR) is 154 cm³/mol. The number of aromatic nitrogens is 1. The van der Waals surface area contributed by atoms with Gasteiger partial charge in [0.15, 0.2) is 5.78 Å². The summed E-state index contributed by atoms with van der Waals surface area (Å²) in [6, 6.07) is 19.2. The monoisotopic (exact) mass is 569 g/mol. The molecule has 0 aliphatic carbocycles. The van der Waals surface area contributed by atoms with Crippen molar-refractivity contribution in [3.05, 3.63) is 117 Å². The number of hydrogen-bond acceptors (Lipinski definition) is 6. The molecule has 0 aliphatic heterocycles. The number of halogens is 1. The molecule has 1 heterocycles. The molecular weight excluding hydrogens is 546 g/mol. The number of aromatic carboxylic acids is 1. The Hall–Kier alpha value is -5.20. The maximum absolute atomic E-state index is 13.6. The van der Waals surface area contributed by atoms with E-state index in [0.717, 1.165) is 0 Å². The number of ether oxygens (including phenoxy) is 1. The summed E-state index contributed by atoms with van der Waals surface area (Å²) < 4.78 is 6.82. The average molecular weight is 570 g/mol. The van der Waals surface area contributed by atoms with Crippen molar-refractivity contribution in [2.45, 2.75) is 19.4 Å². The third-order valence-corrected chi connectivity index (χ3v) is 6.67. The molecule has 1 aromatic heterocycles. The molecule has 1 atom stereocenters. The number of amides is 1. The van der Waals surface area contributed by atoms with Crippen LogP contribution in [0.4, 0.5) is 5.69 Å². The van der Waals surface area contributed by atoms with Gasteiger partial charge in [0.2, 0.25) is 5.91 Å². The molecule has 1 amide bonds. The van der Waals surface area contributed by atoms with Crippen LogP contribution < -0.4 is 15.6 Å². The van der Waals surface area contributed by atoms with E-state index in [1.165, 1.54) is 55.1 Å². The van der Waals surface area contributed by atoms with E-state index in [2.05, 4.69) is 11.4 Å². The van der Waals surface area contributed by atoms with Crippen LogP contribution in [0.25, 0.3) is 11.1 Å². The second-order valence-electron chi connectivity index (χ2n) is 9.15. The minimum Gasteiger partial charge on any atom is -0.495 e. The second kappa shape index (κ2) is 12.3. The smallest absolute Gasteiger partial charge is 0.335 e. The van der Waals surface area contributed by atoms with Gasteiger partial charge >= 0.3 is 5.97 Å². The second-order valence-corrected chi connectivity index (χ2v) is 9.59. The van der Waals surface area contributed by atoms with Gasteiger partial charge in [-0.2, -0.15) is 5.26 Å². The first-order chi connectivity index (χ1) is 19.6. The minimum atomic E-state index is -1.11. The lowest BCUT2D eigenvalue weighted by molar-refractivity contribution is -0.119. The molecule has 4 aromatic rings. The Bertz CT molecular complexity index is 1760.